The van der Waals surface area contributed by atoms with Crippen molar-refractivity contribution in [3.63, 3.8) is 0 Å². The van der Waals surface area contributed by atoms with Crippen LogP contribution in [-0.4, -0.2) is 30.3 Å². The first-order valence-corrected chi connectivity index (χ1v) is 7.46. The minimum Gasteiger partial charge on any atom is -0.312 e. The number of carbonyl (C=O) groups excluding carboxylic acids is 2. The van der Waals surface area contributed by atoms with E-state index in [4.69, 9.17) is 0 Å². The zero-order chi connectivity index (χ0) is 15.7. The van der Waals surface area contributed by atoms with Gasteiger partial charge in [-0.3, -0.25) is 14.5 Å². The summed E-state index contributed by atoms with van der Waals surface area (Å²) in [5.74, 6) is -0.543. The molecule has 2 rings (SSSR count). The number of rotatable bonds is 4. The molecule has 0 saturated carbocycles. The van der Waals surface area contributed by atoms with Crippen LogP contribution < -0.4 is 5.32 Å². The van der Waals surface area contributed by atoms with E-state index in [1.807, 2.05) is 20.9 Å². The minimum atomic E-state index is -0.214. The third-order valence-corrected chi connectivity index (χ3v) is 4.58. The predicted octanol–water partition coefficient (Wildman–Crippen LogP) is 2.20. The maximum Gasteiger partial charge on any atom is 0.232 e. The molecule has 1 fully saturated rings. The van der Waals surface area contributed by atoms with E-state index >= 15 is 0 Å². The van der Waals surface area contributed by atoms with Crippen molar-refractivity contribution in [3.8, 4) is 0 Å². The van der Waals surface area contributed by atoms with Crippen LogP contribution in [0.1, 0.15) is 36.6 Å². The van der Waals surface area contributed by atoms with Crippen molar-refractivity contribution in [2.24, 2.45) is 11.8 Å². The molecule has 0 bridgehead atoms. The number of hydrogen-bond donors (Lipinski definition) is 1. The Balaban J connectivity index is 2.24. The van der Waals surface area contributed by atoms with E-state index in [1.165, 1.54) is 16.0 Å². The van der Waals surface area contributed by atoms with Crippen molar-refractivity contribution < 1.29 is 9.59 Å². The molecule has 1 aliphatic rings. The number of amides is 2. The summed E-state index contributed by atoms with van der Waals surface area (Å²) >= 11 is 0. The van der Waals surface area contributed by atoms with Gasteiger partial charge in [0.1, 0.15) is 0 Å². The van der Waals surface area contributed by atoms with Gasteiger partial charge in [-0.2, -0.15) is 0 Å². The molecular formula is C17H24N2O2. The van der Waals surface area contributed by atoms with E-state index in [-0.39, 0.29) is 29.7 Å². The Morgan fingerprint density at radius 3 is 2.19 bits per heavy atom. The van der Waals surface area contributed by atoms with E-state index in [0.717, 1.165) is 5.56 Å². The van der Waals surface area contributed by atoms with Crippen LogP contribution in [0.3, 0.4) is 0 Å². The first kappa shape index (κ1) is 15.7. The molecule has 4 nitrogen and oxygen atoms in total. The number of carbonyl (C=O) groups is 2. The summed E-state index contributed by atoms with van der Waals surface area (Å²) in [5.41, 5.74) is 3.52. The van der Waals surface area contributed by atoms with Gasteiger partial charge in [0.05, 0.1) is 6.04 Å². The number of nitrogens with one attached hydrogen (secondary N) is 1. The molecule has 4 heteroatoms. The smallest absolute Gasteiger partial charge is 0.232 e. The van der Waals surface area contributed by atoms with Gasteiger partial charge in [-0.25, -0.2) is 0 Å². The molecule has 1 heterocycles. The molecule has 21 heavy (non-hydrogen) atoms. The zero-order valence-electron chi connectivity index (χ0n) is 13.4. The monoisotopic (exact) mass is 288 g/mol. The molecule has 1 aromatic rings. The van der Waals surface area contributed by atoms with Gasteiger partial charge < -0.3 is 5.32 Å². The lowest BCUT2D eigenvalue weighted by Crippen LogP contribution is -2.38. The first-order chi connectivity index (χ1) is 9.86. The highest BCUT2D eigenvalue weighted by molar-refractivity contribution is 6.04. The van der Waals surface area contributed by atoms with Crippen LogP contribution in [0.15, 0.2) is 18.2 Å². The molecule has 1 aliphatic heterocycles. The SMILES string of the molecule is CNC(CN1C(=O)C(C)C(C)C1=O)c1ccc(C)cc1C. The second-order valence-electron chi connectivity index (χ2n) is 6.07. The fraction of sp³-hybridized carbons (Fsp3) is 0.529. The van der Waals surface area contributed by atoms with Crippen LogP contribution in [-0.2, 0) is 9.59 Å². The molecule has 0 aliphatic carbocycles. The Labute approximate surface area is 126 Å². The van der Waals surface area contributed by atoms with Crippen LogP contribution in [0, 0.1) is 25.7 Å². The zero-order valence-corrected chi connectivity index (χ0v) is 13.4. The second kappa shape index (κ2) is 5.98. The molecule has 2 amide bonds. The summed E-state index contributed by atoms with van der Waals surface area (Å²) in [6.45, 7) is 8.17. The molecule has 114 valence electrons. The lowest BCUT2D eigenvalue weighted by Gasteiger charge is -2.24. The summed E-state index contributed by atoms with van der Waals surface area (Å²) in [6.07, 6.45) is 0. The largest absolute Gasteiger partial charge is 0.312 e. The first-order valence-electron chi connectivity index (χ1n) is 7.46. The maximum atomic E-state index is 12.2. The topological polar surface area (TPSA) is 49.4 Å². The van der Waals surface area contributed by atoms with E-state index in [1.54, 1.807) is 0 Å². The van der Waals surface area contributed by atoms with Gasteiger partial charge in [0.15, 0.2) is 0 Å². The van der Waals surface area contributed by atoms with Crippen molar-refractivity contribution in [3.05, 3.63) is 34.9 Å². The third kappa shape index (κ3) is 2.86. The standard InChI is InChI=1S/C17H24N2O2/c1-10-6-7-14(11(2)8-10)15(18-5)9-19-16(20)12(3)13(4)17(19)21/h6-8,12-13,15,18H,9H2,1-5H3. The molecule has 1 N–H and O–H groups in total. The number of benzene rings is 1. The van der Waals surface area contributed by atoms with Crippen molar-refractivity contribution in [2.45, 2.75) is 33.7 Å². The number of likely N-dealkylation sites (tertiary alicyclic amines) is 1. The summed E-state index contributed by atoms with van der Waals surface area (Å²) in [7, 11) is 1.86. The second-order valence-corrected chi connectivity index (χ2v) is 6.07. The Morgan fingerprint density at radius 2 is 1.71 bits per heavy atom. The van der Waals surface area contributed by atoms with E-state index < -0.39 is 0 Å². The quantitative estimate of drug-likeness (QED) is 0.864. The fourth-order valence-electron chi connectivity index (χ4n) is 2.95. The lowest BCUT2D eigenvalue weighted by molar-refractivity contribution is -0.140. The average Bonchev–Trinajstić information content (AvgIpc) is 2.62. The average molecular weight is 288 g/mol. The summed E-state index contributed by atoms with van der Waals surface area (Å²) in [5, 5.41) is 3.23. The molecule has 0 spiro atoms. The van der Waals surface area contributed by atoms with Gasteiger partial charge in [0, 0.05) is 18.4 Å². The number of nitrogens with zero attached hydrogens (tertiary/aromatic N) is 1. The van der Waals surface area contributed by atoms with Crippen molar-refractivity contribution in [1.29, 1.82) is 0 Å². The molecule has 0 radical (unpaired) electrons. The van der Waals surface area contributed by atoms with Crippen molar-refractivity contribution in [2.75, 3.05) is 13.6 Å². The third-order valence-electron chi connectivity index (χ3n) is 4.58. The van der Waals surface area contributed by atoms with Crippen LogP contribution in [0.4, 0.5) is 0 Å². The van der Waals surface area contributed by atoms with Crippen LogP contribution >= 0.6 is 0 Å². The molecule has 0 aromatic heterocycles. The molecule has 3 atom stereocenters. The number of likely N-dealkylation sites (N-methyl/N-ethyl adjacent to an activating group) is 1. The van der Waals surface area contributed by atoms with Gasteiger partial charge in [-0.05, 0) is 32.0 Å². The van der Waals surface area contributed by atoms with Crippen LogP contribution in [0.25, 0.3) is 0 Å². The summed E-state index contributed by atoms with van der Waals surface area (Å²) in [4.78, 5) is 25.9. The summed E-state index contributed by atoms with van der Waals surface area (Å²) in [6, 6.07) is 6.23. The Kier molecular flexibility index (Phi) is 4.47. The van der Waals surface area contributed by atoms with Gasteiger partial charge in [0.25, 0.3) is 0 Å². The minimum absolute atomic E-state index is 0.0315. The van der Waals surface area contributed by atoms with Gasteiger partial charge in [-0.15, -0.1) is 0 Å². The van der Waals surface area contributed by atoms with E-state index in [2.05, 4.69) is 37.4 Å². The van der Waals surface area contributed by atoms with E-state index in [0.29, 0.717) is 6.54 Å². The number of aryl methyl sites for hydroxylation is 2. The van der Waals surface area contributed by atoms with Gasteiger partial charge in [-0.1, -0.05) is 37.6 Å². The van der Waals surface area contributed by atoms with Gasteiger partial charge in [0.2, 0.25) is 11.8 Å². The normalized spacial score (nSPS) is 23.8. The Morgan fingerprint density at radius 1 is 1.14 bits per heavy atom. The number of imide groups is 1. The van der Waals surface area contributed by atoms with Crippen LogP contribution in [0.2, 0.25) is 0 Å². The van der Waals surface area contributed by atoms with Crippen molar-refractivity contribution in [1.82, 2.24) is 10.2 Å². The highest BCUT2D eigenvalue weighted by atomic mass is 16.2. The van der Waals surface area contributed by atoms with Crippen LogP contribution in [0.5, 0.6) is 0 Å². The molecule has 1 aromatic carbocycles. The molecule has 3 unspecified atom stereocenters. The molecule has 1 saturated heterocycles. The van der Waals surface area contributed by atoms with Gasteiger partial charge >= 0.3 is 0 Å². The highest BCUT2D eigenvalue weighted by Gasteiger charge is 2.42. The summed E-state index contributed by atoms with van der Waals surface area (Å²) < 4.78 is 0. The predicted molar refractivity (Wildman–Crippen MR) is 82.8 cm³/mol. The highest BCUT2D eigenvalue weighted by Crippen LogP contribution is 2.28. The van der Waals surface area contributed by atoms with E-state index in [9.17, 15) is 9.59 Å². The maximum absolute atomic E-state index is 12.2. The Hall–Kier alpha value is -1.68. The lowest BCUT2D eigenvalue weighted by atomic mass is 9.99. The fourth-order valence-corrected chi connectivity index (χ4v) is 2.95. The Bertz CT molecular complexity index is 548. The van der Waals surface area contributed by atoms with Crippen molar-refractivity contribution >= 4 is 11.8 Å². The molecular weight excluding hydrogens is 264 g/mol. The number of hydrogen-bond acceptors (Lipinski definition) is 3.